The zero-order valence-electron chi connectivity index (χ0n) is 12.3. The summed E-state index contributed by atoms with van der Waals surface area (Å²) in [6.07, 6.45) is 5.37. The number of nitrogens with zero attached hydrogens (tertiary/aromatic N) is 1. The maximum Gasteiger partial charge on any atom is 0.227 e. The van der Waals surface area contributed by atoms with Crippen LogP contribution in [0.15, 0.2) is 0 Å². The Hall–Kier alpha value is -0.610. The van der Waals surface area contributed by atoms with Crippen LogP contribution < -0.4 is 5.73 Å². The maximum absolute atomic E-state index is 12.4. The summed E-state index contributed by atoms with van der Waals surface area (Å²) in [6.45, 7) is 6.83. The minimum absolute atomic E-state index is 0.0643. The number of ether oxygens (including phenoxy) is 1. The Bertz CT molecular complexity index is 307. The number of hydrogen-bond acceptors (Lipinski definition) is 3. The molecular formula is C15H28N2O2. The molecule has 1 aliphatic heterocycles. The van der Waals surface area contributed by atoms with Gasteiger partial charge in [0.2, 0.25) is 5.91 Å². The molecule has 2 aliphatic rings. The fourth-order valence-electron chi connectivity index (χ4n) is 3.06. The molecule has 0 aromatic carbocycles. The third-order valence-corrected chi connectivity index (χ3v) is 4.39. The van der Waals surface area contributed by atoms with Crippen LogP contribution in [0.1, 0.15) is 46.0 Å². The van der Waals surface area contributed by atoms with Crippen molar-refractivity contribution in [1.29, 1.82) is 0 Å². The molecule has 4 heteroatoms. The third kappa shape index (κ3) is 3.93. The highest BCUT2D eigenvalue weighted by atomic mass is 16.5. The summed E-state index contributed by atoms with van der Waals surface area (Å²) in [4.78, 5) is 14.3. The summed E-state index contributed by atoms with van der Waals surface area (Å²) >= 11 is 0. The average Bonchev–Trinajstić information content (AvgIpc) is 2.97. The van der Waals surface area contributed by atoms with Crippen molar-refractivity contribution < 1.29 is 9.53 Å². The second kappa shape index (κ2) is 6.71. The van der Waals surface area contributed by atoms with Crippen molar-refractivity contribution in [2.24, 2.45) is 17.6 Å². The molecule has 2 N–H and O–H groups in total. The minimum Gasteiger partial charge on any atom is -0.376 e. The SMILES string of the molecule is CC(C)CCO[C@@H]1CCN(C(=O)[C@H]2CCC[C@H]2N)C1. The van der Waals surface area contributed by atoms with Crippen molar-refractivity contribution in [3.05, 3.63) is 0 Å². The molecule has 3 atom stereocenters. The van der Waals surface area contributed by atoms with E-state index in [-0.39, 0.29) is 24.0 Å². The fraction of sp³-hybridized carbons (Fsp3) is 0.933. The van der Waals surface area contributed by atoms with Crippen molar-refractivity contribution in [2.75, 3.05) is 19.7 Å². The van der Waals surface area contributed by atoms with Crippen LogP contribution in [-0.4, -0.2) is 42.6 Å². The van der Waals surface area contributed by atoms with E-state index in [1.807, 2.05) is 4.90 Å². The van der Waals surface area contributed by atoms with Crippen LogP contribution in [0, 0.1) is 11.8 Å². The van der Waals surface area contributed by atoms with Crippen LogP contribution in [0.5, 0.6) is 0 Å². The molecule has 0 radical (unpaired) electrons. The topological polar surface area (TPSA) is 55.6 Å². The molecule has 19 heavy (non-hydrogen) atoms. The second-order valence-corrected chi connectivity index (χ2v) is 6.45. The standard InChI is InChI=1S/C15H28N2O2/c1-11(2)7-9-19-12-6-8-17(10-12)15(18)13-4-3-5-14(13)16/h11-14H,3-10,16H2,1-2H3/t12-,13+,14-/m1/s1. The molecule has 0 spiro atoms. The smallest absolute Gasteiger partial charge is 0.227 e. The minimum atomic E-state index is 0.0643. The molecule has 4 nitrogen and oxygen atoms in total. The highest BCUT2D eigenvalue weighted by Gasteiger charge is 2.36. The number of carbonyl (C=O) groups is 1. The Kier molecular flexibility index (Phi) is 5.22. The Morgan fingerprint density at radius 1 is 1.37 bits per heavy atom. The largest absolute Gasteiger partial charge is 0.376 e. The predicted molar refractivity (Wildman–Crippen MR) is 75.7 cm³/mol. The van der Waals surface area contributed by atoms with E-state index in [1.54, 1.807) is 0 Å². The normalized spacial score (nSPS) is 31.4. The summed E-state index contributed by atoms with van der Waals surface area (Å²) in [5, 5.41) is 0. The number of rotatable bonds is 5. The zero-order chi connectivity index (χ0) is 13.8. The van der Waals surface area contributed by atoms with Crippen molar-refractivity contribution in [1.82, 2.24) is 4.90 Å². The quantitative estimate of drug-likeness (QED) is 0.827. The van der Waals surface area contributed by atoms with E-state index in [0.29, 0.717) is 5.92 Å². The average molecular weight is 268 g/mol. The van der Waals surface area contributed by atoms with E-state index in [4.69, 9.17) is 10.5 Å². The lowest BCUT2D eigenvalue weighted by Gasteiger charge is -2.23. The molecule has 1 saturated carbocycles. The van der Waals surface area contributed by atoms with Crippen LogP contribution in [0.25, 0.3) is 0 Å². The molecule has 0 bridgehead atoms. The van der Waals surface area contributed by atoms with Gasteiger partial charge in [-0.3, -0.25) is 4.79 Å². The fourth-order valence-corrected chi connectivity index (χ4v) is 3.06. The Balaban J connectivity index is 1.73. The highest BCUT2D eigenvalue weighted by molar-refractivity contribution is 5.80. The van der Waals surface area contributed by atoms with E-state index in [2.05, 4.69) is 13.8 Å². The van der Waals surface area contributed by atoms with E-state index in [0.717, 1.165) is 51.8 Å². The summed E-state index contributed by atoms with van der Waals surface area (Å²) < 4.78 is 5.86. The number of carbonyl (C=O) groups excluding carboxylic acids is 1. The van der Waals surface area contributed by atoms with E-state index in [9.17, 15) is 4.79 Å². The number of likely N-dealkylation sites (tertiary alicyclic amines) is 1. The van der Waals surface area contributed by atoms with Gasteiger partial charge >= 0.3 is 0 Å². The molecule has 1 heterocycles. The van der Waals surface area contributed by atoms with Gasteiger partial charge in [0.05, 0.1) is 12.0 Å². The van der Waals surface area contributed by atoms with Gasteiger partial charge in [0.25, 0.3) is 0 Å². The number of hydrogen-bond donors (Lipinski definition) is 1. The first-order valence-corrected chi connectivity index (χ1v) is 7.74. The van der Waals surface area contributed by atoms with Gasteiger partial charge in [0.1, 0.15) is 0 Å². The maximum atomic E-state index is 12.4. The van der Waals surface area contributed by atoms with E-state index < -0.39 is 0 Å². The Labute approximate surface area is 116 Å². The summed E-state index contributed by atoms with van der Waals surface area (Å²) in [5.74, 6) is 1.00. The molecule has 0 aromatic heterocycles. The number of amides is 1. The Morgan fingerprint density at radius 3 is 2.79 bits per heavy atom. The van der Waals surface area contributed by atoms with Gasteiger partial charge in [-0.25, -0.2) is 0 Å². The molecule has 2 fully saturated rings. The van der Waals surface area contributed by atoms with Crippen molar-refractivity contribution in [3.63, 3.8) is 0 Å². The van der Waals surface area contributed by atoms with Crippen LogP contribution in [0.2, 0.25) is 0 Å². The van der Waals surface area contributed by atoms with Crippen LogP contribution in [0.4, 0.5) is 0 Å². The van der Waals surface area contributed by atoms with Crippen molar-refractivity contribution in [3.8, 4) is 0 Å². The summed E-state index contributed by atoms with van der Waals surface area (Å²) in [7, 11) is 0. The van der Waals surface area contributed by atoms with Gasteiger partial charge in [-0.05, 0) is 31.6 Å². The number of nitrogens with two attached hydrogens (primary N) is 1. The van der Waals surface area contributed by atoms with Crippen molar-refractivity contribution >= 4 is 5.91 Å². The molecular weight excluding hydrogens is 240 g/mol. The first kappa shape index (κ1) is 14.8. The van der Waals surface area contributed by atoms with Gasteiger partial charge < -0.3 is 15.4 Å². The lowest BCUT2D eigenvalue weighted by molar-refractivity contribution is -0.135. The van der Waals surface area contributed by atoms with Gasteiger partial charge in [-0.15, -0.1) is 0 Å². The van der Waals surface area contributed by atoms with Crippen LogP contribution >= 0.6 is 0 Å². The Morgan fingerprint density at radius 2 is 2.16 bits per heavy atom. The molecule has 1 aliphatic carbocycles. The van der Waals surface area contributed by atoms with Gasteiger partial charge in [-0.2, -0.15) is 0 Å². The van der Waals surface area contributed by atoms with E-state index in [1.165, 1.54) is 0 Å². The molecule has 1 saturated heterocycles. The molecule has 1 amide bonds. The van der Waals surface area contributed by atoms with Crippen molar-refractivity contribution in [2.45, 2.75) is 58.1 Å². The molecule has 2 rings (SSSR count). The monoisotopic (exact) mass is 268 g/mol. The van der Waals surface area contributed by atoms with Gasteiger partial charge in [-0.1, -0.05) is 20.3 Å². The first-order valence-electron chi connectivity index (χ1n) is 7.74. The van der Waals surface area contributed by atoms with Crippen LogP contribution in [0.3, 0.4) is 0 Å². The summed E-state index contributed by atoms with van der Waals surface area (Å²) in [5.41, 5.74) is 6.02. The molecule has 110 valence electrons. The molecule has 0 aromatic rings. The summed E-state index contributed by atoms with van der Waals surface area (Å²) in [6, 6.07) is 0.0772. The van der Waals surface area contributed by atoms with Gasteiger partial charge in [0.15, 0.2) is 0 Å². The highest BCUT2D eigenvalue weighted by Crippen LogP contribution is 2.27. The van der Waals surface area contributed by atoms with Gasteiger partial charge in [0, 0.05) is 25.7 Å². The van der Waals surface area contributed by atoms with E-state index >= 15 is 0 Å². The lowest BCUT2D eigenvalue weighted by atomic mass is 10.0. The third-order valence-electron chi connectivity index (χ3n) is 4.39. The lowest BCUT2D eigenvalue weighted by Crippen LogP contribution is -2.41. The van der Waals surface area contributed by atoms with Crippen LogP contribution in [-0.2, 0) is 9.53 Å². The first-order chi connectivity index (χ1) is 9.08. The predicted octanol–water partition coefficient (Wildman–Crippen LogP) is 1.78. The zero-order valence-corrected chi connectivity index (χ0v) is 12.3. The second-order valence-electron chi connectivity index (χ2n) is 6.45. The molecule has 0 unspecified atom stereocenters.